The number of likely N-dealkylation sites (tertiary alicyclic amines) is 1. The monoisotopic (exact) mass is 386 g/mol. The van der Waals surface area contributed by atoms with Crippen molar-refractivity contribution in [1.29, 1.82) is 0 Å². The Hall–Kier alpha value is -2.13. The maximum Gasteiger partial charge on any atom is 0.231 e. The SMILES string of the molecule is O=C1Cc2ccccc2N1C1CCN(C2CC[C@H]3CCCc4cccc2c43)CC1. The average Bonchev–Trinajstić information content (AvgIpc) is 3.10. The number of amides is 1. The predicted molar refractivity (Wildman–Crippen MR) is 116 cm³/mol. The number of anilines is 1. The van der Waals surface area contributed by atoms with E-state index in [1.54, 1.807) is 16.7 Å². The lowest BCUT2D eigenvalue weighted by Gasteiger charge is -2.44. The lowest BCUT2D eigenvalue weighted by Crippen LogP contribution is -2.47. The summed E-state index contributed by atoms with van der Waals surface area (Å²) in [7, 11) is 0. The molecule has 3 nitrogen and oxygen atoms in total. The van der Waals surface area contributed by atoms with E-state index in [2.05, 4.69) is 52.3 Å². The third-order valence-electron chi connectivity index (χ3n) is 7.95. The molecule has 0 bridgehead atoms. The highest BCUT2D eigenvalue weighted by Crippen LogP contribution is 2.47. The van der Waals surface area contributed by atoms with E-state index in [0.717, 1.165) is 37.5 Å². The van der Waals surface area contributed by atoms with Gasteiger partial charge < -0.3 is 4.90 Å². The quantitative estimate of drug-likeness (QED) is 0.725. The molecule has 1 amide bonds. The van der Waals surface area contributed by atoms with Crippen LogP contribution in [0.25, 0.3) is 0 Å². The van der Waals surface area contributed by atoms with Crippen LogP contribution in [0.4, 0.5) is 5.69 Å². The Balaban J connectivity index is 1.21. The van der Waals surface area contributed by atoms with Crippen molar-refractivity contribution in [2.75, 3.05) is 18.0 Å². The fourth-order valence-electron chi connectivity index (χ4n) is 6.64. The Morgan fingerprint density at radius 3 is 2.55 bits per heavy atom. The summed E-state index contributed by atoms with van der Waals surface area (Å²) in [5, 5.41) is 0. The Morgan fingerprint density at radius 1 is 0.828 bits per heavy atom. The fourth-order valence-corrected chi connectivity index (χ4v) is 6.64. The van der Waals surface area contributed by atoms with Gasteiger partial charge in [0, 0.05) is 30.9 Å². The first-order valence-electron chi connectivity index (χ1n) is 11.6. The maximum absolute atomic E-state index is 12.7. The molecule has 0 aromatic heterocycles. The number of aryl methyl sites for hydroxylation is 1. The van der Waals surface area contributed by atoms with E-state index in [1.165, 1.54) is 37.7 Å². The molecule has 29 heavy (non-hydrogen) atoms. The first-order chi connectivity index (χ1) is 14.3. The normalized spacial score (nSPS) is 27.0. The number of carbonyl (C=O) groups excluding carboxylic acids is 1. The second-order valence-electron chi connectivity index (χ2n) is 9.44. The molecule has 0 radical (unpaired) electrons. The summed E-state index contributed by atoms with van der Waals surface area (Å²) >= 11 is 0. The molecule has 2 heterocycles. The molecule has 4 aliphatic rings. The summed E-state index contributed by atoms with van der Waals surface area (Å²) in [5.74, 6) is 1.10. The van der Waals surface area contributed by atoms with Gasteiger partial charge >= 0.3 is 0 Å². The van der Waals surface area contributed by atoms with Crippen molar-refractivity contribution in [1.82, 2.24) is 4.90 Å². The number of rotatable bonds is 2. The first-order valence-corrected chi connectivity index (χ1v) is 11.6. The number of nitrogens with zero attached hydrogens (tertiary/aromatic N) is 2. The highest BCUT2D eigenvalue weighted by molar-refractivity contribution is 6.01. The van der Waals surface area contributed by atoms with Crippen LogP contribution in [0.2, 0.25) is 0 Å². The standard InChI is InChI=1S/C26H30N2O/c29-25-17-20-5-1-2-10-23(20)28(25)21-13-15-27(16-14-21)24-12-11-19-7-3-6-18-8-4-9-22(24)26(18)19/h1-2,4-5,8-10,19,21,24H,3,6-7,11-17H2/t19-,24?/m1/s1. The third kappa shape index (κ3) is 2.85. The van der Waals surface area contributed by atoms with Crippen LogP contribution in [0.3, 0.4) is 0 Å². The molecule has 0 saturated carbocycles. The van der Waals surface area contributed by atoms with Crippen molar-refractivity contribution in [3.05, 3.63) is 64.7 Å². The topological polar surface area (TPSA) is 23.6 Å². The van der Waals surface area contributed by atoms with Crippen molar-refractivity contribution >= 4 is 11.6 Å². The van der Waals surface area contributed by atoms with Crippen LogP contribution in [0.1, 0.15) is 72.7 Å². The zero-order valence-electron chi connectivity index (χ0n) is 17.1. The zero-order chi connectivity index (χ0) is 19.4. The zero-order valence-corrected chi connectivity index (χ0v) is 17.1. The van der Waals surface area contributed by atoms with Gasteiger partial charge in [-0.3, -0.25) is 9.69 Å². The molecule has 0 N–H and O–H groups in total. The van der Waals surface area contributed by atoms with Gasteiger partial charge in [-0.1, -0.05) is 36.4 Å². The lowest BCUT2D eigenvalue weighted by atomic mass is 9.71. The van der Waals surface area contributed by atoms with Gasteiger partial charge in [0.15, 0.2) is 0 Å². The fraction of sp³-hybridized carbons (Fsp3) is 0.500. The molecule has 1 fully saturated rings. The van der Waals surface area contributed by atoms with Crippen molar-refractivity contribution in [2.45, 2.75) is 69.4 Å². The predicted octanol–water partition coefficient (Wildman–Crippen LogP) is 5.00. The van der Waals surface area contributed by atoms with Crippen molar-refractivity contribution < 1.29 is 4.79 Å². The molecule has 2 aliphatic heterocycles. The molecule has 2 atom stereocenters. The summed E-state index contributed by atoms with van der Waals surface area (Å²) in [6.07, 6.45) is 9.44. The summed E-state index contributed by atoms with van der Waals surface area (Å²) < 4.78 is 0. The van der Waals surface area contributed by atoms with E-state index in [4.69, 9.17) is 0 Å². The molecule has 2 aromatic rings. The molecule has 2 aliphatic carbocycles. The van der Waals surface area contributed by atoms with E-state index < -0.39 is 0 Å². The molecule has 6 rings (SSSR count). The maximum atomic E-state index is 12.7. The highest BCUT2D eigenvalue weighted by atomic mass is 16.2. The minimum atomic E-state index is 0.294. The van der Waals surface area contributed by atoms with Crippen LogP contribution in [0, 0.1) is 0 Å². The first kappa shape index (κ1) is 17.7. The molecule has 150 valence electrons. The minimum Gasteiger partial charge on any atom is -0.309 e. The Bertz CT molecular complexity index is 943. The number of piperidine rings is 1. The van der Waals surface area contributed by atoms with Crippen LogP contribution >= 0.6 is 0 Å². The molecular weight excluding hydrogens is 356 g/mol. The molecule has 3 heteroatoms. The van der Waals surface area contributed by atoms with Crippen LogP contribution in [-0.2, 0) is 17.6 Å². The van der Waals surface area contributed by atoms with Crippen LogP contribution in [0.5, 0.6) is 0 Å². The number of carbonyl (C=O) groups is 1. The summed E-state index contributed by atoms with van der Waals surface area (Å²) in [4.78, 5) is 17.5. The summed E-state index contributed by atoms with van der Waals surface area (Å²) in [5.41, 5.74) is 7.32. The number of para-hydroxylation sites is 1. The highest BCUT2D eigenvalue weighted by Gasteiger charge is 2.38. The van der Waals surface area contributed by atoms with Crippen LogP contribution in [-0.4, -0.2) is 29.9 Å². The molecule has 1 unspecified atom stereocenters. The second kappa shape index (κ2) is 6.98. The number of fused-ring (bicyclic) bond motifs is 1. The number of hydrogen-bond donors (Lipinski definition) is 0. The Labute approximate surface area is 173 Å². The van der Waals surface area contributed by atoms with E-state index in [9.17, 15) is 4.79 Å². The molecule has 2 aromatic carbocycles. The van der Waals surface area contributed by atoms with Crippen LogP contribution < -0.4 is 4.90 Å². The minimum absolute atomic E-state index is 0.294. The summed E-state index contributed by atoms with van der Waals surface area (Å²) in [6, 6.07) is 16.4. The van der Waals surface area contributed by atoms with Gasteiger partial charge in [-0.15, -0.1) is 0 Å². The average molecular weight is 387 g/mol. The van der Waals surface area contributed by atoms with Gasteiger partial charge in [0.05, 0.1) is 6.42 Å². The Morgan fingerprint density at radius 2 is 1.66 bits per heavy atom. The second-order valence-corrected chi connectivity index (χ2v) is 9.44. The smallest absolute Gasteiger partial charge is 0.231 e. The van der Waals surface area contributed by atoms with Gasteiger partial charge in [0.1, 0.15) is 0 Å². The van der Waals surface area contributed by atoms with Crippen molar-refractivity contribution in [2.24, 2.45) is 0 Å². The summed E-state index contributed by atoms with van der Waals surface area (Å²) in [6.45, 7) is 2.21. The third-order valence-corrected chi connectivity index (χ3v) is 7.95. The number of benzene rings is 2. The molecular formula is C26H30N2O. The van der Waals surface area contributed by atoms with Gasteiger partial charge in [0.2, 0.25) is 5.91 Å². The van der Waals surface area contributed by atoms with E-state index in [-0.39, 0.29) is 0 Å². The van der Waals surface area contributed by atoms with E-state index in [0.29, 0.717) is 24.4 Å². The van der Waals surface area contributed by atoms with Gasteiger partial charge in [0.25, 0.3) is 0 Å². The van der Waals surface area contributed by atoms with Gasteiger partial charge in [-0.05, 0) is 79.2 Å². The lowest BCUT2D eigenvalue weighted by molar-refractivity contribution is -0.118. The molecule has 0 spiro atoms. The van der Waals surface area contributed by atoms with Gasteiger partial charge in [-0.25, -0.2) is 0 Å². The van der Waals surface area contributed by atoms with E-state index in [1.807, 2.05) is 0 Å². The van der Waals surface area contributed by atoms with Gasteiger partial charge in [-0.2, -0.15) is 0 Å². The van der Waals surface area contributed by atoms with Crippen molar-refractivity contribution in [3.8, 4) is 0 Å². The van der Waals surface area contributed by atoms with E-state index >= 15 is 0 Å². The Kier molecular flexibility index (Phi) is 4.26. The van der Waals surface area contributed by atoms with Crippen molar-refractivity contribution in [3.63, 3.8) is 0 Å². The largest absolute Gasteiger partial charge is 0.309 e. The molecule has 1 saturated heterocycles. The van der Waals surface area contributed by atoms with Crippen LogP contribution in [0.15, 0.2) is 42.5 Å². The number of hydrogen-bond acceptors (Lipinski definition) is 2.